The molecule has 0 bridgehead atoms. The Kier molecular flexibility index (Phi) is 9.39. The second-order valence-corrected chi connectivity index (χ2v) is 9.46. The maximum absolute atomic E-state index is 13.4. The number of nitrogens with one attached hydrogen (secondary N) is 1. The van der Waals surface area contributed by atoms with Crippen LogP contribution in [0.25, 0.3) is 0 Å². The summed E-state index contributed by atoms with van der Waals surface area (Å²) in [5.74, 6) is -0.0176. The van der Waals surface area contributed by atoms with Crippen LogP contribution in [0.5, 0.6) is 5.75 Å². The molecule has 5 nitrogen and oxygen atoms in total. The molecule has 0 aromatic heterocycles. The minimum atomic E-state index is -0.746. The molecule has 3 rings (SSSR count). The Morgan fingerprint density at radius 3 is 2.38 bits per heavy atom. The fraction of sp³-hybridized carbons (Fsp3) is 0.231. The lowest BCUT2D eigenvalue weighted by Gasteiger charge is -2.31. The predicted molar refractivity (Wildman–Crippen MR) is 139 cm³/mol. The number of benzene rings is 3. The van der Waals surface area contributed by atoms with E-state index in [2.05, 4.69) is 21.2 Å². The number of ether oxygens (including phenoxy) is 1. The first kappa shape index (κ1) is 26.1. The summed E-state index contributed by atoms with van der Waals surface area (Å²) in [5, 5.41) is 3.49. The van der Waals surface area contributed by atoms with Crippen LogP contribution in [0.2, 0.25) is 10.0 Å². The summed E-state index contributed by atoms with van der Waals surface area (Å²) in [6.07, 6.45) is 0.352. The van der Waals surface area contributed by atoms with Gasteiger partial charge in [0.25, 0.3) is 5.91 Å². The van der Waals surface area contributed by atoms with Gasteiger partial charge in [0, 0.05) is 24.5 Å². The van der Waals surface area contributed by atoms with E-state index in [9.17, 15) is 9.59 Å². The van der Waals surface area contributed by atoms with Crippen molar-refractivity contribution in [3.05, 3.63) is 97.9 Å². The Bertz CT molecular complexity index is 1160. The lowest BCUT2D eigenvalue weighted by molar-refractivity contribution is -0.142. The van der Waals surface area contributed by atoms with Crippen LogP contribution in [0, 0.1) is 6.92 Å². The van der Waals surface area contributed by atoms with E-state index >= 15 is 0 Å². The van der Waals surface area contributed by atoms with E-state index in [0.717, 1.165) is 21.2 Å². The summed E-state index contributed by atoms with van der Waals surface area (Å²) in [7, 11) is 1.56. The molecule has 0 saturated carbocycles. The summed E-state index contributed by atoms with van der Waals surface area (Å²) in [5.41, 5.74) is 2.68. The van der Waals surface area contributed by atoms with Crippen LogP contribution in [0.15, 0.2) is 71.2 Å². The van der Waals surface area contributed by atoms with E-state index in [1.165, 1.54) is 4.90 Å². The highest BCUT2D eigenvalue weighted by molar-refractivity contribution is 9.10. The zero-order chi connectivity index (χ0) is 24.7. The van der Waals surface area contributed by atoms with Crippen molar-refractivity contribution in [1.82, 2.24) is 10.2 Å². The van der Waals surface area contributed by atoms with Crippen molar-refractivity contribution in [2.24, 2.45) is 0 Å². The van der Waals surface area contributed by atoms with Crippen LogP contribution in [0.1, 0.15) is 16.7 Å². The normalized spacial score (nSPS) is 11.6. The van der Waals surface area contributed by atoms with E-state index in [1.54, 1.807) is 31.3 Å². The Balaban J connectivity index is 1.89. The zero-order valence-electron chi connectivity index (χ0n) is 18.9. The molecule has 1 N–H and O–H groups in total. The van der Waals surface area contributed by atoms with Crippen molar-refractivity contribution in [3.63, 3.8) is 0 Å². The quantitative estimate of drug-likeness (QED) is 0.356. The van der Waals surface area contributed by atoms with Crippen LogP contribution in [-0.4, -0.2) is 36.4 Å². The Labute approximate surface area is 218 Å². The van der Waals surface area contributed by atoms with Crippen molar-refractivity contribution in [2.75, 3.05) is 13.7 Å². The molecular formula is C26H25BrCl2N2O3. The van der Waals surface area contributed by atoms with E-state index in [1.807, 2.05) is 49.4 Å². The van der Waals surface area contributed by atoms with Crippen molar-refractivity contribution < 1.29 is 14.3 Å². The van der Waals surface area contributed by atoms with E-state index in [-0.39, 0.29) is 25.0 Å². The number of amides is 2. The summed E-state index contributed by atoms with van der Waals surface area (Å²) < 4.78 is 6.74. The van der Waals surface area contributed by atoms with Crippen LogP contribution in [-0.2, 0) is 22.6 Å². The fourth-order valence-corrected chi connectivity index (χ4v) is 4.06. The van der Waals surface area contributed by atoms with Gasteiger partial charge in [0.1, 0.15) is 11.8 Å². The monoisotopic (exact) mass is 562 g/mol. The van der Waals surface area contributed by atoms with E-state index < -0.39 is 6.04 Å². The molecule has 0 aliphatic rings. The number of hydrogen-bond acceptors (Lipinski definition) is 3. The highest BCUT2D eigenvalue weighted by Crippen LogP contribution is 2.25. The molecule has 0 unspecified atom stereocenters. The van der Waals surface area contributed by atoms with Crippen LogP contribution >= 0.6 is 39.1 Å². The number of likely N-dealkylation sites (N-methyl/N-ethyl adjacent to an activating group) is 1. The van der Waals surface area contributed by atoms with Gasteiger partial charge >= 0.3 is 0 Å². The third kappa shape index (κ3) is 6.98. The van der Waals surface area contributed by atoms with E-state index in [0.29, 0.717) is 22.2 Å². The topological polar surface area (TPSA) is 58.6 Å². The van der Waals surface area contributed by atoms with Gasteiger partial charge in [-0.05, 0) is 53.9 Å². The number of nitrogens with zero attached hydrogens (tertiary/aromatic N) is 1. The Morgan fingerprint density at radius 2 is 1.74 bits per heavy atom. The maximum Gasteiger partial charge on any atom is 0.261 e. The first-order valence-corrected chi connectivity index (χ1v) is 12.2. The Hall–Kier alpha value is -2.54. The molecule has 0 radical (unpaired) electrons. The minimum Gasteiger partial charge on any atom is -0.484 e. The molecule has 0 heterocycles. The average molecular weight is 564 g/mol. The summed E-state index contributed by atoms with van der Waals surface area (Å²) >= 11 is 15.7. The summed E-state index contributed by atoms with van der Waals surface area (Å²) in [6, 6.07) is 19.5. The molecule has 0 spiro atoms. The molecule has 178 valence electrons. The molecule has 0 aliphatic heterocycles. The molecule has 0 aliphatic carbocycles. The third-order valence-electron chi connectivity index (χ3n) is 5.35. The SMILES string of the molecule is CNC(=O)[C@@H](Cc1ccccc1)N(Cc1ccc(Cl)c(Cl)c1)C(=O)COc1ccc(Br)c(C)c1. The van der Waals surface area contributed by atoms with E-state index in [4.69, 9.17) is 27.9 Å². The smallest absolute Gasteiger partial charge is 0.261 e. The van der Waals surface area contributed by atoms with Gasteiger partial charge in [-0.15, -0.1) is 0 Å². The molecule has 8 heteroatoms. The summed E-state index contributed by atoms with van der Waals surface area (Å²) in [4.78, 5) is 27.9. The van der Waals surface area contributed by atoms with Crippen LogP contribution < -0.4 is 10.1 Å². The summed E-state index contributed by atoms with van der Waals surface area (Å²) in [6.45, 7) is 1.89. The van der Waals surface area contributed by atoms with Gasteiger partial charge in [-0.3, -0.25) is 9.59 Å². The molecule has 3 aromatic carbocycles. The zero-order valence-corrected chi connectivity index (χ0v) is 22.0. The maximum atomic E-state index is 13.4. The first-order chi connectivity index (χ1) is 16.3. The van der Waals surface area contributed by atoms with Crippen LogP contribution in [0.4, 0.5) is 0 Å². The van der Waals surface area contributed by atoms with Crippen molar-refractivity contribution in [2.45, 2.75) is 25.9 Å². The van der Waals surface area contributed by atoms with Crippen molar-refractivity contribution in [1.29, 1.82) is 0 Å². The largest absolute Gasteiger partial charge is 0.484 e. The molecular weight excluding hydrogens is 539 g/mol. The Morgan fingerprint density at radius 1 is 1.00 bits per heavy atom. The third-order valence-corrected chi connectivity index (χ3v) is 6.97. The van der Waals surface area contributed by atoms with Crippen LogP contribution in [0.3, 0.4) is 0 Å². The molecule has 2 amide bonds. The van der Waals surface area contributed by atoms with Crippen molar-refractivity contribution >= 4 is 50.9 Å². The number of halogens is 3. The highest BCUT2D eigenvalue weighted by atomic mass is 79.9. The van der Waals surface area contributed by atoms with Crippen molar-refractivity contribution in [3.8, 4) is 5.75 Å². The molecule has 3 aromatic rings. The van der Waals surface area contributed by atoms with Gasteiger partial charge in [-0.2, -0.15) is 0 Å². The number of rotatable bonds is 9. The van der Waals surface area contributed by atoms with Gasteiger partial charge in [0.2, 0.25) is 5.91 Å². The number of hydrogen-bond donors (Lipinski definition) is 1. The molecule has 0 saturated heterocycles. The standard InChI is InChI=1S/C26H25BrCl2N2O3/c1-17-12-20(9-10-21(17)27)34-16-25(32)31(15-19-8-11-22(28)23(29)13-19)24(26(33)30-2)14-18-6-4-3-5-7-18/h3-13,24H,14-16H2,1-2H3,(H,30,33)/t24-/m1/s1. The van der Waals surface area contributed by atoms with Gasteiger partial charge in [0.05, 0.1) is 10.0 Å². The van der Waals surface area contributed by atoms with Gasteiger partial charge in [-0.1, -0.05) is 75.5 Å². The number of aryl methyl sites for hydroxylation is 1. The first-order valence-electron chi connectivity index (χ1n) is 10.7. The molecule has 34 heavy (non-hydrogen) atoms. The van der Waals surface area contributed by atoms with Gasteiger partial charge < -0.3 is 15.0 Å². The lowest BCUT2D eigenvalue weighted by atomic mass is 10.0. The average Bonchev–Trinajstić information content (AvgIpc) is 2.84. The fourth-order valence-electron chi connectivity index (χ4n) is 3.49. The predicted octanol–water partition coefficient (Wildman–Crippen LogP) is 5.83. The number of carbonyl (C=O) groups excluding carboxylic acids is 2. The second kappa shape index (κ2) is 12.2. The number of carbonyl (C=O) groups is 2. The van der Waals surface area contributed by atoms with Gasteiger partial charge in [-0.25, -0.2) is 0 Å². The van der Waals surface area contributed by atoms with Gasteiger partial charge in [0.15, 0.2) is 6.61 Å². The second-order valence-electron chi connectivity index (χ2n) is 7.79. The lowest BCUT2D eigenvalue weighted by Crippen LogP contribution is -2.51. The minimum absolute atomic E-state index is 0.170. The molecule has 1 atom stereocenters. The molecule has 0 fully saturated rings. The highest BCUT2D eigenvalue weighted by Gasteiger charge is 2.30.